The summed E-state index contributed by atoms with van der Waals surface area (Å²) < 4.78 is 35.7. The van der Waals surface area contributed by atoms with Gasteiger partial charge in [0.1, 0.15) is 29.4 Å². The minimum atomic E-state index is -1.04. The topological polar surface area (TPSA) is 99.4 Å². The van der Waals surface area contributed by atoms with Gasteiger partial charge in [-0.25, -0.2) is 13.9 Å². The lowest BCUT2D eigenvalue weighted by molar-refractivity contribution is -0.127. The number of alkyl halides is 1. The highest BCUT2D eigenvalue weighted by Gasteiger charge is 2.38. The van der Waals surface area contributed by atoms with Gasteiger partial charge in [-0.1, -0.05) is 24.0 Å². The molecule has 202 valence electrons. The van der Waals surface area contributed by atoms with Crippen LogP contribution in [0.5, 0.6) is 5.75 Å². The van der Waals surface area contributed by atoms with Gasteiger partial charge in [0.25, 0.3) is 0 Å². The molecule has 2 fully saturated rings. The number of carbonyl (C=O) groups excluding carboxylic acids is 1. The highest BCUT2D eigenvalue weighted by molar-refractivity contribution is 7.08. The number of hydrogen-bond acceptors (Lipinski definition) is 7. The number of aromatic nitrogens is 2. The molecule has 2 saturated heterocycles. The van der Waals surface area contributed by atoms with Crippen LogP contribution in [0.3, 0.4) is 0 Å². The van der Waals surface area contributed by atoms with Crippen molar-refractivity contribution in [3.05, 3.63) is 73.6 Å². The number of amides is 1. The lowest BCUT2D eigenvalue weighted by Gasteiger charge is -2.35. The Morgan fingerprint density at radius 2 is 2.18 bits per heavy atom. The predicted octanol–water partition coefficient (Wildman–Crippen LogP) is 3.27. The number of hydrogen-bond donors (Lipinski definition) is 3. The molecule has 2 unspecified atom stereocenters. The van der Waals surface area contributed by atoms with Gasteiger partial charge >= 0.3 is 4.87 Å². The molecule has 1 aliphatic carbocycles. The minimum absolute atomic E-state index is 0.0862. The summed E-state index contributed by atoms with van der Waals surface area (Å²) in [5.74, 6) is -0.453. The number of benzene rings is 1. The monoisotopic (exact) mass is 543 g/mol. The van der Waals surface area contributed by atoms with Gasteiger partial charge in [0.15, 0.2) is 0 Å². The summed E-state index contributed by atoms with van der Waals surface area (Å²) in [6.07, 6.45) is 2.57. The van der Waals surface area contributed by atoms with Gasteiger partial charge in [-0.2, -0.15) is 5.10 Å². The molecule has 1 aromatic carbocycles. The first-order chi connectivity index (χ1) is 18.2. The van der Waals surface area contributed by atoms with Crippen LogP contribution >= 0.6 is 11.3 Å². The second-order valence-corrected chi connectivity index (χ2v) is 11.0. The van der Waals surface area contributed by atoms with Crippen LogP contribution in [0.2, 0.25) is 0 Å². The quantitative estimate of drug-likeness (QED) is 0.496. The summed E-state index contributed by atoms with van der Waals surface area (Å²) in [5.41, 5.74) is 3.26. The highest BCUT2D eigenvalue weighted by Crippen LogP contribution is 2.33. The molecule has 4 atom stereocenters. The number of ether oxygens (including phenoxy) is 1. The zero-order chi connectivity index (χ0) is 27.0. The number of halogens is 2. The Morgan fingerprint density at radius 1 is 1.37 bits per heavy atom. The van der Waals surface area contributed by atoms with E-state index in [0.29, 0.717) is 35.1 Å². The van der Waals surface area contributed by atoms with E-state index in [-0.39, 0.29) is 41.0 Å². The molecule has 3 heterocycles. The van der Waals surface area contributed by atoms with Crippen LogP contribution in [0.15, 0.2) is 52.4 Å². The molecule has 2 aromatic rings. The fourth-order valence-corrected chi connectivity index (χ4v) is 6.21. The fourth-order valence-electron chi connectivity index (χ4n) is 5.45. The maximum Gasteiger partial charge on any atom is 0.322 e. The van der Waals surface area contributed by atoms with Crippen LogP contribution in [-0.4, -0.2) is 65.5 Å². The van der Waals surface area contributed by atoms with Gasteiger partial charge in [-0.05, 0) is 55.2 Å². The first-order valence-electron chi connectivity index (χ1n) is 12.7. The first-order valence-corrected chi connectivity index (χ1v) is 13.5. The lowest BCUT2D eigenvalue weighted by Crippen LogP contribution is -2.45. The molecule has 1 amide bonds. The van der Waals surface area contributed by atoms with Crippen LogP contribution in [-0.2, 0) is 4.79 Å². The molecule has 38 heavy (non-hydrogen) atoms. The molecule has 0 radical (unpaired) electrons. The average molecular weight is 544 g/mol. The van der Waals surface area contributed by atoms with Crippen molar-refractivity contribution in [2.75, 3.05) is 26.2 Å². The van der Waals surface area contributed by atoms with Crippen molar-refractivity contribution in [2.24, 2.45) is 0 Å². The molecule has 8 nitrogen and oxygen atoms in total. The Morgan fingerprint density at radius 3 is 2.89 bits per heavy atom. The number of H-pyrrole nitrogens is 1. The molecule has 0 saturated carbocycles. The smallest absolute Gasteiger partial charge is 0.322 e. The molecule has 1 aromatic heterocycles. The molecule has 3 N–H and O–H groups in total. The maximum absolute atomic E-state index is 15.2. The van der Waals surface area contributed by atoms with Crippen LogP contribution in [0.4, 0.5) is 8.78 Å². The van der Waals surface area contributed by atoms with Crippen LogP contribution in [0, 0.1) is 5.82 Å². The maximum atomic E-state index is 15.2. The Kier molecular flexibility index (Phi) is 7.49. The van der Waals surface area contributed by atoms with E-state index in [2.05, 4.69) is 27.4 Å². The molecular formula is C27H31F2N5O3S. The molecule has 0 spiro atoms. The second-order valence-electron chi connectivity index (χ2n) is 10.0. The van der Waals surface area contributed by atoms with Gasteiger partial charge in [0.2, 0.25) is 5.91 Å². The third-order valence-electron chi connectivity index (χ3n) is 7.46. The Bertz CT molecular complexity index is 1370. The van der Waals surface area contributed by atoms with E-state index >= 15 is 4.39 Å². The van der Waals surface area contributed by atoms with Gasteiger partial charge in [0, 0.05) is 37.3 Å². The van der Waals surface area contributed by atoms with E-state index in [1.807, 2.05) is 6.08 Å². The van der Waals surface area contributed by atoms with E-state index in [0.717, 1.165) is 41.9 Å². The molecule has 11 heteroatoms. The summed E-state index contributed by atoms with van der Waals surface area (Å²) in [6.45, 7) is 9.10. The molecule has 2 aliphatic heterocycles. The standard InChI is InChI=1S/C27H31F2N5O3S/c1-14-9-17(20-5-4-8-30-25(20)24(14)29)13-37-18-6-7-19(22(28)10-18)15(2)31-23-12-34(16(3)35)11-21(23)26-32-33-27(36)38-26/h6-7,9-10,21,23-25,30-31H,2,4-5,8,11-13H2,1,3H3,(H,33,36)/t21-,23+,24?,25?/m0/s1. The predicted molar refractivity (Wildman–Crippen MR) is 142 cm³/mol. The van der Waals surface area contributed by atoms with Crippen molar-refractivity contribution >= 4 is 22.9 Å². The number of likely N-dealkylation sites (tertiary alicyclic amines) is 1. The van der Waals surface area contributed by atoms with Crippen molar-refractivity contribution in [3.8, 4) is 5.75 Å². The van der Waals surface area contributed by atoms with Gasteiger partial charge in [-0.15, -0.1) is 0 Å². The zero-order valence-electron chi connectivity index (χ0n) is 21.4. The number of nitrogens with one attached hydrogen (secondary N) is 3. The largest absolute Gasteiger partial charge is 0.489 e. The number of aromatic amines is 1. The molecular weight excluding hydrogens is 512 g/mol. The Labute approximate surface area is 223 Å². The molecule has 5 rings (SSSR count). The summed E-state index contributed by atoms with van der Waals surface area (Å²) in [6, 6.07) is 3.99. The van der Waals surface area contributed by atoms with E-state index in [1.165, 1.54) is 13.0 Å². The number of piperidine rings is 1. The van der Waals surface area contributed by atoms with Crippen molar-refractivity contribution in [1.82, 2.24) is 25.7 Å². The normalized spacial score (nSPS) is 25.2. The van der Waals surface area contributed by atoms with Crippen molar-refractivity contribution in [3.63, 3.8) is 0 Å². The number of rotatable bonds is 7. The van der Waals surface area contributed by atoms with Crippen LogP contribution < -0.4 is 20.2 Å². The summed E-state index contributed by atoms with van der Waals surface area (Å²) in [7, 11) is 0. The summed E-state index contributed by atoms with van der Waals surface area (Å²) in [4.78, 5) is 25.0. The average Bonchev–Trinajstić information content (AvgIpc) is 3.51. The van der Waals surface area contributed by atoms with E-state index in [4.69, 9.17) is 4.74 Å². The van der Waals surface area contributed by atoms with Crippen molar-refractivity contribution in [2.45, 2.75) is 50.9 Å². The third-order valence-corrected chi connectivity index (χ3v) is 8.34. The molecule has 3 aliphatic rings. The van der Waals surface area contributed by atoms with Crippen LogP contribution in [0.1, 0.15) is 43.2 Å². The number of carbonyl (C=O) groups is 1. The zero-order valence-corrected chi connectivity index (χ0v) is 22.2. The van der Waals surface area contributed by atoms with E-state index in [9.17, 15) is 14.0 Å². The van der Waals surface area contributed by atoms with Gasteiger partial charge < -0.3 is 20.3 Å². The number of fused-ring (bicyclic) bond motifs is 1. The fraction of sp³-hybridized carbons (Fsp3) is 0.444. The summed E-state index contributed by atoms with van der Waals surface area (Å²) in [5, 5.41) is 13.6. The van der Waals surface area contributed by atoms with E-state index < -0.39 is 12.0 Å². The Balaban J connectivity index is 1.27. The SMILES string of the molecule is C=C(N[C@@H]1CN(C(C)=O)C[C@@H]1c1n[nH]c(=O)s1)c1ccc(OCC2=C3CCCNC3C(F)C(C)=C2)cc1F. The molecule has 0 bridgehead atoms. The van der Waals surface area contributed by atoms with Gasteiger partial charge in [-0.3, -0.25) is 9.59 Å². The Hall–Kier alpha value is -3.31. The minimum Gasteiger partial charge on any atom is -0.489 e. The number of nitrogens with zero attached hydrogens (tertiary/aromatic N) is 2. The van der Waals surface area contributed by atoms with Crippen molar-refractivity contribution in [1.29, 1.82) is 0 Å². The van der Waals surface area contributed by atoms with Crippen LogP contribution in [0.25, 0.3) is 5.70 Å². The second kappa shape index (κ2) is 10.8. The van der Waals surface area contributed by atoms with E-state index in [1.54, 1.807) is 24.0 Å². The first kappa shape index (κ1) is 26.3. The lowest BCUT2D eigenvalue weighted by atomic mass is 9.83. The summed E-state index contributed by atoms with van der Waals surface area (Å²) >= 11 is 1.00. The van der Waals surface area contributed by atoms with Crippen molar-refractivity contribution < 1.29 is 18.3 Å². The third kappa shape index (κ3) is 5.30. The highest BCUT2D eigenvalue weighted by atomic mass is 32.1. The van der Waals surface area contributed by atoms with Gasteiger partial charge in [0.05, 0.1) is 18.0 Å².